The van der Waals surface area contributed by atoms with E-state index in [9.17, 15) is 13.2 Å². The van der Waals surface area contributed by atoms with E-state index in [0.29, 0.717) is 20.3 Å². The van der Waals surface area contributed by atoms with Crippen molar-refractivity contribution in [2.75, 3.05) is 0 Å². The minimum Gasteiger partial charge on any atom is -0.236 e. The fourth-order valence-electron chi connectivity index (χ4n) is 1.78. The molecule has 7 heteroatoms. The molecule has 0 aliphatic heterocycles. The lowest BCUT2D eigenvalue weighted by molar-refractivity contribution is -0.137. The van der Waals surface area contributed by atoms with Crippen LogP contribution in [0.4, 0.5) is 13.2 Å². The zero-order chi connectivity index (χ0) is 14.4. The van der Waals surface area contributed by atoms with Gasteiger partial charge in [-0.15, -0.1) is 0 Å². The van der Waals surface area contributed by atoms with E-state index < -0.39 is 11.7 Å². The van der Waals surface area contributed by atoms with Gasteiger partial charge in [-0.1, -0.05) is 15.9 Å². The second-order valence-corrected chi connectivity index (χ2v) is 5.76. The Labute approximate surface area is 124 Å². The first-order chi connectivity index (χ1) is 8.71. The molecule has 0 saturated carbocycles. The minimum absolute atomic E-state index is 0.0157. The van der Waals surface area contributed by atoms with Crippen LogP contribution in [0.3, 0.4) is 0 Å². The highest BCUT2D eigenvalue weighted by atomic mass is 79.9. The maximum atomic E-state index is 13.1. The molecule has 2 rings (SSSR count). The van der Waals surface area contributed by atoms with Crippen molar-refractivity contribution in [1.82, 2.24) is 9.78 Å². The second-order valence-electron chi connectivity index (χ2n) is 4.06. The van der Waals surface area contributed by atoms with Gasteiger partial charge in [-0.3, -0.25) is 0 Å². The molecule has 1 heterocycles. The molecule has 0 aliphatic rings. The summed E-state index contributed by atoms with van der Waals surface area (Å²) >= 11 is 6.37. The lowest BCUT2D eigenvalue weighted by atomic mass is 10.1. The van der Waals surface area contributed by atoms with Crippen molar-refractivity contribution in [2.24, 2.45) is 0 Å². The highest BCUT2D eigenvalue weighted by molar-refractivity contribution is 9.10. The fraction of sp³-hybridized carbons (Fsp3) is 0.250. The van der Waals surface area contributed by atoms with Crippen LogP contribution in [0.1, 0.15) is 17.0 Å². The molecule has 0 saturated heterocycles. The molecule has 0 aliphatic carbocycles. The van der Waals surface area contributed by atoms with E-state index in [4.69, 9.17) is 0 Å². The number of rotatable bonds is 1. The lowest BCUT2D eigenvalue weighted by Crippen LogP contribution is -2.12. The molecule has 102 valence electrons. The van der Waals surface area contributed by atoms with Gasteiger partial charge in [0.25, 0.3) is 0 Å². The summed E-state index contributed by atoms with van der Waals surface area (Å²) in [6, 6.07) is 4.02. The smallest absolute Gasteiger partial charge is 0.236 e. The summed E-state index contributed by atoms with van der Waals surface area (Å²) in [5.74, 6) is 0. The Balaban J connectivity index is 2.72. The van der Waals surface area contributed by atoms with Crippen molar-refractivity contribution in [3.63, 3.8) is 0 Å². The summed E-state index contributed by atoms with van der Waals surface area (Å²) in [6.45, 7) is 3.45. The van der Waals surface area contributed by atoms with E-state index in [1.807, 2.05) is 0 Å². The Hall–Kier alpha value is -0.820. The van der Waals surface area contributed by atoms with E-state index in [1.54, 1.807) is 19.9 Å². The molecule has 0 unspecified atom stereocenters. The number of aryl methyl sites for hydroxylation is 1. The lowest BCUT2D eigenvalue weighted by Gasteiger charge is -2.14. The predicted molar refractivity (Wildman–Crippen MR) is 73.4 cm³/mol. The van der Waals surface area contributed by atoms with Gasteiger partial charge < -0.3 is 0 Å². The van der Waals surface area contributed by atoms with Gasteiger partial charge in [0, 0.05) is 4.47 Å². The largest absolute Gasteiger partial charge is 0.418 e. The standard InChI is InChI=1S/C12H9Br2F3N2/c1-6-11(14)7(2)19(18-6)10-4-3-8(13)5-9(10)12(15,16)17/h3-5H,1-2H3. The Bertz CT molecular complexity index is 633. The van der Waals surface area contributed by atoms with E-state index in [0.717, 1.165) is 6.07 Å². The number of hydrogen-bond acceptors (Lipinski definition) is 1. The maximum absolute atomic E-state index is 13.1. The molecule has 0 amide bonds. The average molecular weight is 398 g/mol. The fourth-order valence-corrected chi connectivity index (χ4v) is 2.39. The zero-order valence-corrected chi connectivity index (χ0v) is 13.2. The third-order valence-corrected chi connectivity index (χ3v) is 4.34. The van der Waals surface area contributed by atoms with Crippen molar-refractivity contribution in [2.45, 2.75) is 20.0 Å². The van der Waals surface area contributed by atoms with Crippen molar-refractivity contribution in [3.05, 3.63) is 44.1 Å². The number of alkyl halides is 3. The van der Waals surface area contributed by atoms with Crippen LogP contribution in [0, 0.1) is 13.8 Å². The third-order valence-electron chi connectivity index (χ3n) is 2.70. The first kappa shape index (κ1) is 14.6. The number of benzene rings is 1. The van der Waals surface area contributed by atoms with Crippen molar-refractivity contribution in [1.29, 1.82) is 0 Å². The van der Waals surface area contributed by atoms with Gasteiger partial charge in [-0.25, -0.2) is 4.68 Å². The topological polar surface area (TPSA) is 17.8 Å². The Morgan fingerprint density at radius 3 is 2.26 bits per heavy atom. The van der Waals surface area contributed by atoms with Gasteiger partial charge in [0.15, 0.2) is 0 Å². The first-order valence-electron chi connectivity index (χ1n) is 5.30. The minimum atomic E-state index is -4.43. The van der Waals surface area contributed by atoms with Crippen LogP contribution in [-0.2, 0) is 6.18 Å². The molecule has 0 fully saturated rings. The van der Waals surface area contributed by atoms with Crippen LogP contribution in [0.2, 0.25) is 0 Å². The number of nitrogens with zero attached hydrogens (tertiary/aromatic N) is 2. The van der Waals surface area contributed by atoms with Crippen LogP contribution in [0.25, 0.3) is 5.69 Å². The first-order valence-corrected chi connectivity index (χ1v) is 6.89. The van der Waals surface area contributed by atoms with Crippen molar-refractivity contribution in [3.8, 4) is 5.69 Å². The molecule has 1 aromatic carbocycles. The molecule has 19 heavy (non-hydrogen) atoms. The Morgan fingerprint density at radius 1 is 1.16 bits per heavy atom. The predicted octanol–water partition coefficient (Wildman–Crippen LogP) is 5.03. The molecule has 2 nitrogen and oxygen atoms in total. The molecule has 2 aromatic rings. The second kappa shape index (κ2) is 4.94. The summed E-state index contributed by atoms with van der Waals surface area (Å²) in [5, 5.41) is 4.14. The number of halogens is 5. The molecular weight excluding hydrogens is 389 g/mol. The average Bonchev–Trinajstić information content (AvgIpc) is 2.56. The Kier molecular flexibility index (Phi) is 3.79. The monoisotopic (exact) mass is 396 g/mol. The number of aromatic nitrogens is 2. The van der Waals surface area contributed by atoms with Crippen LogP contribution in [-0.4, -0.2) is 9.78 Å². The number of hydrogen-bond donors (Lipinski definition) is 0. The highest BCUT2D eigenvalue weighted by Crippen LogP contribution is 2.36. The van der Waals surface area contributed by atoms with Crippen LogP contribution >= 0.6 is 31.9 Å². The van der Waals surface area contributed by atoms with Gasteiger partial charge in [0.05, 0.1) is 27.1 Å². The van der Waals surface area contributed by atoms with Gasteiger partial charge in [0.2, 0.25) is 0 Å². The van der Waals surface area contributed by atoms with Gasteiger partial charge in [0.1, 0.15) is 0 Å². The summed E-state index contributed by atoms with van der Waals surface area (Å²) in [4.78, 5) is 0. The molecule has 0 spiro atoms. The van der Waals surface area contributed by atoms with E-state index in [2.05, 4.69) is 37.0 Å². The molecule has 1 aromatic heterocycles. The van der Waals surface area contributed by atoms with Crippen LogP contribution < -0.4 is 0 Å². The molecular formula is C12H9Br2F3N2. The summed E-state index contributed by atoms with van der Waals surface area (Å²) in [7, 11) is 0. The van der Waals surface area contributed by atoms with E-state index in [-0.39, 0.29) is 5.69 Å². The van der Waals surface area contributed by atoms with Gasteiger partial charge >= 0.3 is 6.18 Å². The molecule has 0 radical (unpaired) electrons. The quantitative estimate of drug-likeness (QED) is 0.659. The van der Waals surface area contributed by atoms with Crippen molar-refractivity contribution >= 4 is 31.9 Å². The van der Waals surface area contributed by atoms with Gasteiger partial charge in [-0.2, -0.15) is 18.3 Å². The summed E-state index contributed by atoms with van der Waals surface area (Å²) in [6.07, 6.45) is -4.43. The molecule has 0 bridgehead atoms. The van der Waals surface area contributed by atoms with Crippen LogP contribution in [0.15, 0.2) is 27.1 Å². The zero-order valence-electron chi connectivity index (χ0n) is 10.0. The van der Waals surface area contributed by atoms with Gasteiger partial charge in [-0.05, 0) is 48.0 Å². The SMILES string of the molecule is Cc1nn(-c2ccc(Br)cc2C(F)(F)F)c(C)c1Br. The summed E-state index contributed by atoms with van der Waals surface area (Å²) in [5.41, 5.74) is 0.570. The molecule has 0 atom stereocenters. The third kappa shape index (κ3) is 2.72. The van der Waals surface area contributed by atoms with E-state index >= 15 is 0 Å². The maximum Gasteiger partial charge on any atom is 0.418 e. The Morgan fingerprint density at radius 2 is 1.79 bits per heavy atom. The molecule has 0 N–H and O–H groups in total. The van der Waals surface area contributed by atoms with E-state index in [1.165, 1.54) is 10.7 Å². The highest BCUT2D eigenvalue weighted by Gasteiger charge is 2.35. The normalized spacial score (nSPS) is 11.9. The summed E-state index contributed by atoms with van der Waals surface area (Å²) < 4.78 is 41.6. The van der Waals surface area contributed by atoms with Crippen LogP contribution in [0.5, 0.6) is 0 Å². The van der Waals surface area contributed by atoms with Crippen molar-refractivity contribution < 1.29 is 13.2 Å².